The van der Waals surface area contributed by atoms with Crippen LogP contribution in [0.5, 0.6) is 0 Å². The summed E-state index contributed by atoms with van der Waals surface area (Å²) in [5.41, 5.74) is -0.839. The second kappa shape index (κ2) is 2.82. The van der Waals surface area contributed by atoms with Crippen LogP contribution in [0.3, 0.4) is 0 Å². The van der Waals surface area contributed by atoms with E-state index < -0.39 is 5.60 Å². The molecule has 0 fully saturated rings. The van der Waals surface area contributed by atoms with Crippen LogP contribution in [-0.4, -0.2) is 18.5 Å². The molecule has 0 aromatic rings. The molecule has 2 nitrogen and oxygen atoms in total. The maximum atomic E-state index is 10.0. The molecule has 0 heterocycles. The standard InChI is InChI=1S/C6H11O2/c1-4-8-6(2,3)5-7/h5H,2,4H2,1,3H3. The van der Waals surface area contributed by atoms with Crippen LogP contribution in [0.15, 0.2) is 0 Å². The first-order valence-corrected chi connectivity index (χ1v) is 2.58. The molecular weight excluding hydrogens is 104 g/mol. The highest BCUT2D eigenvalue weighted by Crippen LogP contribution is 2.01. The highest BCUT2D eigenvalue weighted by Gasteiger charge is 2.14. The lowest BCUT2D eigenvalue weighted by atomic mass is 10.2. The third-order valence-corrected chi connectivity index (χ3v) is 0.723. The summed E-state index contributed by atoms with van der Waals surface area (Å²) < 4.78 is 4.90. The molecule has 0 saturated heterocycles. The van der Waals surface area contributed by atoms with Crippen LogP contribution in [0.2, 0.25) is 0 Å². The third-order valence-electron chi connectivity index (χ3n) is 0.723. The van der Waals surface area contributed by atoms with Crippen molar-refractivity contribution >= 4 is 6.29 Å². The summed E-state index contributed by atoms with van der Waals surface area (Å²) >= 11 is 0. The smallest absolute Gasteiger partial charge is 0.151 e. The van der Waals surface area contributed by atoms with Crippen LogP contribution < -0.4 is 0 Å². The fraction of sp³-hybridized carbons (Fsp3) is 0.667. The molecule has 0 aromatic carbocycles. The summed E-state index contributed by atoms with van der Waals surface area (Å²) in [7, 11) is 0. The summed E-state index contributed by atoms with van der Waals surface area (Å²) in [6.07, 6.45) is 0.691. The number of carbonyl (C=O) groups is 1. The zero-order valence-corrected chi connectivity index (χ0v) is 5.31. The Morgan fingerprint density at radius 3 is 2.50 bits per heavy atom. The Kier molecular flexibility index (Phi) is 2.69. The van der Waals surface area contributed by atoms with E-state index in [1.165, 1.54) is 0 Å². The summed E-state index contributed by atoms with van der Waals surface area (Å²) in [4.78, 5) is 10.0. The van der Waals surface area contributed by atoms with Gasteiger partial charge in [-0.05, 0) is 20.8 Å². The number of hydrogen-bond acceptors (Lipinski definition) is 2. The molecule has 0 amide bonds. The van der Waals surface area contributed by atoms with Crippen molar-refractivity contribution in [3.63, 3.8) is 0 Å². The minimum absolute atomic E-state index is 0.527. The van der Waals surface area contributed by atoms with Gasteiger partial charge < -0.3 is 9.53 Å². The first-order chi connectivity index (χ1) is 3.62. The highest BCUT2D eigenvalue weighted by atomic mass is 16.5. The predicted octanol–water partition coefficient (Wildman–Crippen LogP) is 0.815. The van der Waals surface area contributed by atoms with Gasteiger partial charge in [-0.25, -0.2) is 0 Å². The molecule has 0 N–H and O–H groups in total. The van der Waals surface area contributed by atoms with E-state index in [4.69, 9.17) is 4.74 Å². The zero-order valence-electron chi connectivity index (χ0n) is 5.31. The Labute approximate surface area is 49.8 Å². The monoisotopic (exact) mass is 115 g/mol. The van der Waals surface area contributed by atoms with Crippen LogP contribution in [0.25, 0.3) is 0 Å². The summed E-state index contributed by atoms with van der Waals surface area (Å²) in [6.45, 7) is 7.47. The maximum Gasteiger partial charge on any atom is 0.151 e. The van der Waals surface area contributed by atoms with E-state index in [1.54, 1.807) is 6.92 Å². The molecule has 0 aliphatic carbocycles. The summed E-state index contributed by atoms with van der Waals surface area (Å²) in [5, 5.41) is 0. The van der Waals surface area contributed by atoms with Crippen LogP contribution in [-0.2, 0) is 9.53 Å². The minimum Gasteiger partial charge on any atom is -0.368 e. The van der Waals surface area contributed by atoms with Crippen molar-refractivity contribution in [1.82, 2.24) is 0 Å². The van der Waals surface area contributed by atoms with Gasteiger partial charge in [0.05, 0.1) is 0 Å². The SMILES string of the molecule is [CH2]C(C)(C=O)OCC. The van der Waals surface area contributed by atoms with E-state index in [1.807, 2.05) is 6.92 Å². The fourth-order valence-electron chi connectivity index (χ4n) is 0.364. The largest absolute Gasteiger partial charge is 0.368 e. The van der Waals surface area contributed by atoms with Gasteiger partial charge in [0.15, 0.2) is 6.29 Å². The number of aldehydes is 1. The minimum atomic E-state index is -0.839. The van der Waals surface area contributed by atoms with Crippen molar-refractivity contribution in [1.29, 1.82) is 0 Å². The Balaban J connectivity index is 3.53. The Morgan fingerprint density at radius 1 is 1.88 bits per heavy atom. The second-order valence-electron chi connectivity index (χ2n) is 1.86. The van der Waals surface area contributed by atoms with Gasteiger partial charge in [-0.2, -0.15) is 0 Å². The molecule has 2 heteroatoms. The molecule has 0 saturated carbocycles. The number of carbonyl (C=O) groups excluding carboxylic acids is 1. The zero-order chi connectivity index (χ0) is 6.62. The molecule has 0 spiro atoms. The lowest BCUT2D eigenvalue weighted by Gasteiger charge is -2.15. The average Bonchev–Trinajstić information content (AvgIpc) is 1.67. The summed E-state index contributed by atoms with van der Waals surface area (Å²) in [6, 6.07) is 0. The van der Waals surface area contributed by atoms with Crippen LogP contribution in [0, 0.1) is 6.92 Å². The number of rotatable bonds is 3. The molecule has 0 aromatic heterocycles. The van der Waals surface area contributed by atoms with Crippen molar-refractivity contribution in [3.05, 3.63) is 6.92 Å². The van der Waals surface area contributed by atoms with Gasteiger partial charge in [-0.15, -0.1) is 0 Å². The van der Waals surface area contributed by atoms with E-state index in [0.717, 1.165) is 0 Å². The van der Waals surface area contributed by atoms with Gasteiger partial charge in [0.2, 0.25) is 0 Å². The average molecular weight is 115 g/mol. The van der Waals surface area contributed by atoms with E-state index in [-0.39, 0.29) is 0 Å². The Bertz CT molecular complexity index is 76.6. The molecule has 0 aliphatic rings. The van der Waals surface area contributed by atoms with Gasteiger partial charge in [-0.1, -0.05) is 0 Å². The molecule has 47 valence electrons. The molecular formula is C6H11O2. The van der Waals surface area contributed by atoms with Crippen LogP contribution >= 0.6 is 0 Å². The van der Waals surface area contributed by atoms with Gasteiger partial charge in [0, 0.05) is 6.61 Å². The fourth-order valence-corrected chi connectivity index (χ4v) is 0.364. The van der Waals surface area contributed by atoms with Crippen LogP contribution in [0.4, 0.5) is 0 Å². The first-order valence-electron chi connectivity index (χ1n) is 2.58. The highest BCUT2D eigenvalue weighted by molar-refractivity contribution is 5.62. The van der Waals surface area contributed by atoms with E-state index >= 15 is 0 Å². The van der Waals surface area contributed by atoms with Gasteiger partial charge in [-0.3, -0.25) is 0 Å². The van der Waals surface area contributed by atoms with Gasteiger partial charge in [0.25, 0.3) is 0 Å². The molecule has 0 bridgehead atoms. The third kappa shape index (κ3) is 2.75. The van der Waals surface area contributed by atoms with E-state index in [9.17, 15) is 4.79 Å². The second-order valence-corrected chi connectivity index (χ2v) is 1.86. The summed E-state index contributed by atoms with van der Waals surface area (Å²) in [5.74, 6) is 0. The number of ether oxygens (including phenoxy) is 1. The molecule has 0 rings (SSSR count). The first kappa shape index (κ1) is 7.63. The molecule has 1 atom stereocenters. The van der Waals surface area contributed by atoms with Crippen molar-refractivity contribution in [2.45, 2.75) is 19.4 Å². The van der Waals surface area contributed by atoms with E-state index in [2.05, 4.69) is 6.92 Å². The molecule has 1 radical (unpaired) electrons. The normalized spacial score (nSPS) is 11.4. The molecule has 0 aliphatic heterocycles. The van der Waals surface area contributed by atoms with E-state index in [0.29, 0.717) is 12.9 Å². The lowest BCUT2D eigenvalue weighted by Crippen LogP contribution is -2.26. The van der Waals surface area contributed by atoms with Crippen molar-refractivity contribution in [2.75, 3.05) is 6.61 Å². The van der Waals surface area contributed by atoms with Gasteiger partial charge >= 0.3 is 0 Å². The lowest BCUT2D eigenvalue weighted by molar-refractivity contribution is -0.123. The van der Waals surface area contributed by atoms with Crippen LogP contribution in [0.1, 0.15) is 13.8 Å². The molecule has 8 heavy (non-hydrogen) atoms. The predicted molar refractivity (Wildman–Crippen MR) is 31.5 cm³/mol. The Morgan fingerprint density at radius 2 is 2.38 bits per heavy atom. The Hall–Kier alpha value is -0.370. The quantitative estimate of drug-likeness (QED) is 0.509. The van der Waals surface area contributed by atoms with Crippen molar-refractivity contribution in [2.24, 2.45) is 0 Å². The van der Waals surface area contributed by atoms with Crippen molar-refractivity contribution < 1.29 is 9.53 Å². The molecule has 1 unspecified atom stereocenters. The topological polar surface area (TPSA) is 26.3 Å². The van der Waals surface area contributed by atoms with Crippen molar-refractivity contribution in [3.8, 4) is 0 Å². The maximum absolute atomic E-state index is 10.0. The van der Waals surface area contributed by atoms with Gasteiger partial charge in [0.1, 0.15) is 5.60 Å². The number of hydrogen-bond donors (Lipinski definition) is 0.